The van der Waals surface area contributed by atoms with E-state index in [2.05, 4.69) is 32.1 Å². The highest BCUT2D eigenvalue weighted by molar-refractivity contribution is 5.83. The summed E-state index contributed by atoms with van der Waals surface area (Å²) in [5.74, 6) is 6.77. The number of nitrogens with zero attached hydrogens (tertiary/aromatic N) is 5. The highest BCUT2D eigenvalue weighted by atomic mass is 16.6. The first-order valence-electron chi connectivity index (χ1n) is 14.5. The summed E-state index contributed by atoms with van der Waals surface area (Å²) < 4.78 is 12.8. The Balaban J connectivity index is 1.07. The number of aromatic nitrogens is 4. The molecule has 0 radical (unpaired) electrons. The number of likely N-dealkylation sites (tertiary alicyclic amines) is 1. The summed E-state index contributed by atoms with van der Waals surface area (Å²) in [7, 11) is 0. The Morgan fingerprint density at radius 3 is 2.60 bits per heavy atom. The van der Waals surface area contributed by atoms with Crippen molar-refractivity contribution in [2.24, 2.45) is 5.92 Å². The van der Waals surface area contributed by atoms with Crippen LogP contribution >= 0.6 is 0 Å². The number of anilines is 1. The predicted molar refractivity (Wildman–Crippen MR) is 155 cm³/mol. The zero-order valence-corrected chi connectivity index (χ0v) is 24.1. The number of fused-ring (bicyclic) bond motifs is 1. The molecule has 43 heavy (non-hydrogen) atoms. The van der Waals surface area contributed by atoms with Crippen LogP contribution in [-0.2, 0) is 9.53 Å². The van der Waals surface area contributed by atoms with Crippen molar-refractivity contribution in [2.75, 3.05) is 18.8 Å². The van der Waals surface area contributed by atoms with Crippen molar-refractivity contribution in [3.05, 3.63) is 41.5 Å². The lowest BCUT2D eigenvalue weighted by atomic mass is 9.94. The third kappa shape index (κ3) is 6.13. The second-order valence-corrected chi connectivity index (χ2v) is 11.5. The lowest BCUT2D eigenvalue weighted by Gasteiger charge is -2.30. The van der Waals surface area contributed by atoms with Crippen molar-refractivity contribution >= 4 is 29.0 Å². The fourth-order valence-corrected chi connectivity index (χ4v) is 5.33. The second-order valence-electron chi connectivity index (χ2n) is 11.5. The third-order valence-corrected chi connectivity index (χ3v) is 8.29. The van der Waals surface area contributed by atoms with Crippen LogP contribution in [0.5, 0.6) is 5.75 Å². The van der Waals surface area contributed by atoms with Crippen molar-refractivity contribution in [1.82, 2.24) is 29.7 Å². The molecule has 3 fully saturated rings. The largest absolute Gasteiger partial charge is 0.415 e. The Labute approximate surface area is 248 Å². The number of amides is 2. The van der Waals surface area contributed by atoms with Gasteiger partial charge < -0.3 is 35.6 Å². The van der Waals surface area contributed by atoms with Crippen molar-refractivity contribution < 1.29 is 29.3 Å². The second kappa shape index (κ2) is 11.8. The number of aliphatic hydroxyl groups excluding tert-OH is 2. The van der Waals surface area contributed by atoms with Gasteiger partial charge in [-0.05, 0) is 74.6 Å². The molecule has 2 amide bonds. The molecule has 0 bridgehead atoms. The number of carbonyl (C=O) groups excluding carboxylic acids is 2. The summed E-state index contributed by atoms with van der Waals surface area (Å²) in [4.78, 5) is 39.9. The molecule has 4 heterocycles. The van der Waals surface area contributed by atoms with E-state index in [1.807, 2.05) is 26.0 Å². The standard InChI is InChI=1S/C30H35N7O6/c1-16-6-9-20(14-17(16)2)42-30(41)36-12-10-18(11-13-36)4-3-5-21-34-26(31)22-27(35-21)37(15-32-22)29-24(39)23(38)25(43-29)28(40)33-19-7-8-19/h6,9,14-15,18-19,23-25,29,38-39H,4,7-8,10-13H2,1-2H3,(H,33,40)(H2,31,34,35)/t23?,24?,25-,29+/m0/s1. The van der Waals surface area contributed by atoms with E-state index in [4.69, 9.17) is 15.2 Å². The van der Waals surface area contributed by atoms with Crippen LogP contribution in [0.1, 0.15) is 55.3 Å². The van der Waals surface area contributed by atoms with Gasteiger partial charge in [-0.1, -0.05) is 12.0 Å². The first kappa shape index (κ1) is 28.9. The number of carbonyl (C=O) groups is 2. The van der Waals surface area contributed by atoms with Crippen molar-refractivity contribution in [1.29, 1.82) is 0 Å². The third-order valence-electron chi connectivity index (χ3n) is 8.29. The molecule has 5 N–H and O–H groups in total. The monoisotopic (exact) mass is 589 g/mol. The van der Waals surface area contributed by atoms with Crippen LogP contribution in [0, 0.1) is 31.6 Å². The van der Waals surface area contributed by atoms with Crippen molar-refractivity contribution in [3.63, 3.8) is 0 Å². The molecule has 3 aliphatic rings. The molecular formula is C30H35N7O6. The fraction of sp³-hybridized carbons (Fsp3) is 0.500. The summed E-state index contributed by atoms with van der Waals surface area (Å²) in [6.45, 7) is 5.16. The molecule has 2 aromatic heterocycles. The zero-order chi connectivity index (χ0) is 30.2. The molecule has 13 heteroatoms. The van der Waals surface area contributed by atoms with Crippen LogP contribution in [0.2, 0.25) is 0 Å². The van der Waals surface area contributed by atoms with E-state index in [0.717, 1.165) is 36.8 Å². The van der Waals surface area contributed by atoms with Crippen molar-refractivity contribution in [3.8, 4) is 17.6 Å². The Hall–Kier alpha value is -4.25. The predicted octanol–water partition coefficient (Wildman–Crippen LogP) is 1.58. The summed E-state index contributed by atoms with van der Waals surface area (Å²) in [5, 5.41) is 24.0. The maximum atomic E-state index is 12.6. The van der Waals surface area contributed by atoms with Crippen LogP contribution in [-0.4, -0.2) is 84.1 Å². The van der Waals surface area contributed by atoms with Crippen LogP contribution < -0.4 is 15.8 Å². The Kier molecular flexibility index (Phi) is 7.91. The lowest BCUT2D eigenvalue weighted by Crippen LogP contribution is -2.43. The van der Waals surface area contributed by atoms with Gasteiger partial charge >= 0.3 is 6.09 Å². The van der Waals surface area contributed by atoms with Gasteiger partial charge in [0.15, 0.2) is 23.8 Å². The van der Waals surface area contributed by atoms with E-state index in [1.54, 1.807) is 11.0 Å². The van der Waals surface area contributed by atoms with Gasteiger partial charge in [0.25, 0.3) is 5.91 Å². The number of aryl methyl sites for hydroxylation is 2. The maximum Gasteiger partial charge on any atom is 0.415 e. The topological polar surface area (TPSA) is 178 Å². The number of piperidine rings is 1. The van der Waals surface area contributed by atoms with E-state index in [-0.39, 0.29) is 29.4 Å². The number of hydrogen-bond donors (Lipinski definition) is 4. The first-order valence-corrected chi connectivity index (χ1v) is 14.5. The van der Waals surface area contributed by atoms with Crippen LogP contribution in [0.25, 0.3) is 11.2 Å². The van der Waals surface area contributed by atoms with Gasteiger partial charge in [0, 0.05) is 25.6 Å². The maximum absolute atomic E-state index is 12.6. The van der Waals surface area contributed by atoms with E-state index < -0.39 is 30.4 Å². The highest BCUT2D eigenvalue weighted by Gasteiger charge is 2.48. The molecule has 226 valence electrons. The van der Waals surface area contributed by atoms with Crippen LogP contribution in [0.4, 0.5) is 10.6 Å². The number of imidazole rings is 1. The molecule has 2 saturated heterocycles. The molecule has 6 rings (SSSR count). The van der Waals surface area contributed by atoms with Crippen LogP contribution in [0.15, 0.2) is 24.5 Å². The van der Waals surface area contributed by atoms with Gasteiger partial charge in [0.05, 0.1) is 6.33 Å². The minimum Gasteiger partial charge on any atom is -0.410 e. The molecular weight excluding hydrogens is 554 g/mol. The van der Waals surface area contributed by atoms with Gasteiger partial charge in [-0.15, -0.1) is 0 Å². The van der Waals surface area contributed by atoms with Gasteiger partial charge in [-0.25, -0.2) is 19.7 Å². The summed E-state index contributed by atoms with van der Waals surface area (Å²) in [6.07, 6.45) is -0.150. The van der Waals surface area contributed by atoms with Crippen LogP contribution in [0.3, 0.4) is 0 Å². The minimum absolute atomic E-state index is 0.0831. The molecule has 13 nitrogen and oxygen atoms in total. The highest BCUT2D eigenvalue weighted by Crippen LogP contribution is 2.33. The lowest BCUT2D eigenvalue weighted by molar-refractivity contribution is -0.137. The number of nitrogens with two attached hydrogens (primary N) is 1. The first-order chi connectivity index (χ1) is 20.7. The molecule has 1 aromatic carbocycles. The Morgan fingerprint density at radius 2 is 1.88 bits per heavy atom. The van der Waals surface area contributed by atoms with Gasteiger partial charge in [0.2, 0.25) is 5.82 Å². The average Bonchev–Trinajstić information content (AvgIpc) is 3.62. The number of nitrogen functional groups attached to an aromatic ring is 1. The zero-order valence-electron chi connectivity index (χ0n) is 24.1. The quantitative estimate of drug-likeness (QED) is 0.319. The molecule has 2 unspecified atom stereocenters. The van der Waals surface area contributed by atoms with E-state index in [0.29, 0.717) is 36.7 Å². The molecule has 3 aromatic rings. The van der Waals surface area contributed by atoms with Crippen molar-refractivity contribution in [2.45, 2.75) is 76.5 Å². The Bertz CT molecular complexity index is 1600. The van der Waals surface area contributed by atoms with Gasteiger partial charge in [-0.3, -0.25) is 9.36 Å². The Morgan fingerprint density at radius 1 is 1.12 bits per heavy atom. The molecule has 1 aliphatic carbocycles. The summed E-state index contributed by atoms with van der Waals surface area (Å²) in [6, 6.07) is 5.69. The van der Waals surface area contributed by atoms with E-state index in [9.17, 15) is 19.8 Å². The fourth-order valence-electron chi connectivity index (χ4n) is 5.33. The summed E-state index contributed by atoms with van der Waals surface area (Å²) in [5.41, 5.74) is 8.91. The van der Waals surface area contributed by atoms with Gasteiger partial charge in [0.1, 0.15) is 23.5 Å². The van der Waals surface area contributed by atoms with E-state index in [1.165, 1.54) is 10.9 Å². The minimum atomic E-state index is -1.42. The number of hydrogen-bond acceptors (Lipinski definition) is 10. The smallest absolute Gasteiger partial charge is 0.410 e. The molecule has 1 saturated carbocycles. The average molecular weight is 590 g/mol. The SMILES string of the molecule is Cc1ccc(OC(=O)N2CCC(CC#Cc3nc(N)c4ncn([C@@H]5O[C@H](C(=O)NC6CC6)C(O)C5O)c4n3)CC2)cc1C. The number of nitrogens with one attached hydrogen (secondary N) is 1. The number of aliphatic hydroxyl groups is 2. The number of rotatable bonds is 5. The molecule has 2 aliphatic heterocycles. The normalized spacial score (nSPS) is 24.0. The number of ether oxygens (including phenoxy) is 2. The van der Waals surface area contributed by atoms with E-state index >= 15 is 0 Å². The number of benzene rings is 1. The molecule has 4 atom stereocenters. The van der Waals surface area contributed by atoms with Gasteiger partial charge in [-0.2, -0.15) is 0 Å². The summed E-state index contributed by atoms with van der Waals surface area (Å²) >= 11 is 0. The molecule has 0 spiro atoms.